The molecule has 2 aromatic carbocycles. The van der Waals surface area contributed by atoms with Crippen LogP contribution in [-0.2, 0) is 15.0 Å². The fourth-order valence-electron chi connectivity index (χ4n) is 2.28. The zero-order valence-corrected chi connectivity index (χ0v) is 15.4. The zero-order valence-electron chi connectivity index (χ0n) is 13.8. The summed E-state index contributed by atoms with van der Waals surface area (Å²) in [6.07, 6.45) is 0. The number of amides is 1. The number of carbonyl (C=O) groups excluding carboxylic acids is 1. The minimum absolute atomic E-state index is 0.121. The zero-order chi connectivity index (χ0) is 17.9. The lowest BCUT2D eigenvalue weighted by atomic mass is 9.83. The Bertz CT molecular complexity index is 736. The van der Waals surface area contributed by atoms with Crippen molar-refractivity contribution in [3.63, 3.8) is 0 Å². The maximum Gasteiger partial charge on any atom is 0.310 e. The van der Waals surface area contributed by atoms with E-state index in [1.807, 2.05) is 38.1 Å². The number of hydrogen-bond acceptors (Lipinski definition) is 2. The van der Waals surface area contributed by atoms with Crippen molar-refractivity contribution in [2.75, 3.05) is 5.32 Å². The van der Waals surface area contributed by atoms with Gasteiger partial charge in [-0.15, -0.1) is 0 Å². The van der Waals surface area contributed by atoms with Crippen molar-refractivity contribution in [2.24, 2.45) is 0 Å². The maximum absolute atomic E-state index is 12.6. The second kappa shape index (κ2) is 7.18. The fourth-order valence-corrected chi connectivity index (χ4v) is 2.55. The summed E-state index contributed by atoms with van der Waals surface area (Å²) in [6, 6.07) is 14.6. The number of halogens is 1. The van der Waals surface area contributed by atoms with Gasteiger partial charge in [-0.3, -0.25) is 9.59 Å². The summed E-state index contributed by atoms with van der Waals surface area (Å²) in [6.45, 7) is 5.37. The van der Waals surface area contributed by atoms with E-state index in [9.17, 15) is 9.59 Å². The average molecular weight is 390 g/mol. The van der Waals surface area contributed by atoms with Gasteiger partial charge < -0.3 is 10.4 Å². The van der Waals surface area contributed by atoms with Gasteiger partial charge in [0.15, 0.2) is 0 Å². The van der Waals surface area contributed by atoms with Crippen LogP contribution in [0.3, 0.4) is 0 Å². The fraction of sp³-hybridized carbons (Fsp3) is 0.263. The molecule has 0 aromatic heterocycles. The van der Waals surface area contributed by atoms with Crippen molar-refractivity contribution >= 4 is 33.5 Å². The van der Waals surface area contributed by atoms with Gasteiger partial charge in [0.1, 0.15) is 0 Å². The molecule has 126 valence electrons. The second-order valence-corrected chi connectivity index (χ2v) is 7.18. The molecule has 5 heteroatoms. The van der Waals surface area contributed by atoms with Crippen molar-refractivity contribution in [3.05, 3.63) is 64.1 Å². The molecular formula is C19H20BrNO3. The lowest BCUT2D eigenvalue weighted by molar-refractivity contribution is -0.138. The molecule has 0 bridgehead atoms. The Hall–Kier alpha value is -2.14. The SMILES string of the molecule is CC(C(=O)O)c1ccc(NC(=O)C(C)(C)c2ccc(Br)cc2)cc1. The Balaban J connectivity index is 2.13. The van der Waals surface area contributed by atoms with E-state index in [0.717, 1.165) is 10.0 Å². The first-order chi connectivity index (χ1) is 11.2. The highest BCUT2D eigenvalue weighted by Gasteiger charge is 2.29. The van der Waals surface area contributed by atoms with Crippen LogP contribution < -0.4 is 5.32 Å². The number of carboxylic acids is 1. The van der Waals surface area contributed by atoms with E-state index in [4.69, 9.17) is 5.11 Å². The molecule has 0 aliphatic rings. The van der Waals surface area contributed by atoms with Gasteiger partial charge in [0.2, 0.25) is 5.91 Å². The Morgan fingerprint density at radius 1 is 1.04 bits per heavy atom. The number of carbonyl (C=O) groups is 2. The van der Waals surface area contributed by atoms with Gasteiger partial charge >= 0.3 is 5.97 Å². The van der Waals surface area contributed by atoms with Crippen molar-refractivity contribution in [2.45, 2.75) is 32.1 Å². The van der Waals surface area contributed by atoms with Crippen LogP contribution in [0, 0.1) is 0 Å². The summed E-state index contributed by atoms with van der Waals surface area (Å²) in [5, 5.41) is 11.9. The summed E-state index contributed by atoms with van der Waals surface area (Å²) < 4.78 is 0.964. The van der Waals surface area contributed by atoms with E-state index < -0.39 is 17.3 Å². The molecule has 0 saturated heterocycles. The Morgan fingerprint density at radius 2 is 1.58 bits per heavy atom. The third-order valence-corrected chi connectivity index (χ3v) is 4.70. The second-order valence-electron chi connectivity index (χ2n) is 6.27. The molecule has 1 unspecified atom stereocenters. The number of aliphatic carboxylic acids is 1. The first kappa shape index (κ1) is 18.2. The standard InChI is InChI=1S/C19H20BrNO3/c1-12(17(22)23)13-4-10-16(11-5-13)21-18(24)19(2,3)14-6-8-15(20)9-7-14/h4-12H,1-3H3,(H,21,24)(H,22,23). The van der Waals surface area contributed by atoms with Gasteiger partial charge in [-0.2, -0.15) is 0 Å². The van der Waals surface area contributed by atoms with Crippen molar-refractivity contribution < 1.29 is 14.7 Å². The van der Waals surface area contributed by atoms with Crippen LogP contribution in [0.15, 0.2) is 53.0 Å². The van der Waals surface area contributed by atoms with Gasteiger partial charge in [-0.05, 0) is 56.2 Å². The predicted octanol–water partition coefficient (Wildman–Crippen LogP) is 4.55. The van der Waals surface area contributed by atoms with Crippen LogP contribution >= 0.6 is 15.9 Å². The van der Waals surface area contributed by atoms with E-state index in [0.29, 0.717) is 11.3 Å². The average Bonchev–Trinajstić information content (AvgIpc) is 2.55. The summed E-state index contributed by atoms with van der Waals surface area (Å²) in [4.78, 5) is 23.6. The first-order valence-corrected chi connectivity index (χ1v) is 8.41. The van der Waals surface area contributed by atoms with Gasteiger partial charge in [0.05, 0.1) is 11.3 Å². The quantitative estimate of drug-likeness (QED) is 0.787. The van der Waals surface area contributed by atoms with Crippen LogP contribution in [0.25, 0.3) is 0 Å². The molecule has 2 rings (SSSR count). The monoisotopic (exact) mass is 389 g/mol. The predicted molar refractivity (Wildman–Crippen MR) is 98.3 cm³/mol. The third-order valence-electron chi connectivity index (χ3n) is 4.17. The van der Waals surface area contributed by atoms with Crippen molar-refractivity contribution in [1.82, 2.24) is 0 Å². The lowest BCUT2D eigenvalue weighted by Crippen LogP contribution is -2.34. The summed E-state index contributed by atoms with van der Waals surface area (Å²) in [7, 11) is 0. The van der Waals surface area contributed by atoms with Crippen LogP contribution in [-0.4, -0.2) is 17.0 Å². The van der Waals surface area contributed by atoms with Crippen molar-refractivity contribution in [1.29, 1.82) is 0 Å². The third kappa shape index (κ3) is 4.03. The Labute approximate surface area is 150 Å². The smallest absolute Gasteiger partial charge is 0.310 e. The van der Waals surface area contributed by atoms with Crippen LogP contribution in [0.1, 0.15) is 37.8 Å². The minimum Gasteiger partial charge on any atom is -0.481 e. The molecule has 2 aromatic rings. The molecular weight excluding hydrogens is 370 g/mol. The van der Waals surface area contributed by atoms with Crippen LogP contribution in [0.2, 0.25) is 0 Å². The normalized spacial score (nSPS) is 12.5. The van der Waals surface area contributed by atoms with Gasteiger partial charge in [-0.25, -0.2) is 0 Å². The molecule has 1 atom stereocenters. The number of benzene rings is 2. The summed E-state index contributed by atoms with van der Waals surface area (Å²) >= 11 is 3.39. The van der Waals surface area contributed by atoms with Gasteiger partial charge in [0, 0.05) is 10.2 Å². The topological polar surface area (TPSA) is 66.4 Å². The highest BCUT2D eigenvalue weighted by Crippen LogP contribution is 2.27. The minimum atomic E-state index is -0.872. The van der Waals surface area contributed by atoms with E-state index in [1.165, 1.54) is 0 Å². The molecule has 0 saturated carbocycles. The number of nitrogens with one attached hydrogen (secondary N) is 1. The molecule has 0 heterocycles. The summed E-state index contributed by atoms with van der Waals surface area (Å²) in [5.74, 6) is -1.57. The largest absolute Gasteiger partial charge is 0.481 e. The van der Waals surface area contributed by atoms with Gasteiger partial charge in [-0.1, -0.05) is 40.2 Å². The molecule has 1 amide bonds. The molecule has 0 spiro atoms. The Morgan fingerprint density at radius 3 is 2.08 bits per heavy atom. The molecule has 2 N–H and O–H groups in total. The molecule has 0 radical (unpaired) electrons. The molecule has 0 aliphatic carbocycles. The van der Waals surface area contributed by atoms with E-state index in [1.54, 1.807) is 31.2 Å². The van der Waals surface area contributed by atoms with Gasteiger partial charge in [0.25, 0.3) is 0 Å². The van der Waals surface area contributed by atoms with Crippen LogP contribution in [0.4, 0.5) is 5.69 Å². The Kier molecular flexibility index (Phi) is 5.44. The maximum atomic E-state index is 12.6. The number of anilines is 1. The number of carboxylic acid groups (broad SMARTS) is 1. The van der Waals surface area contributed by atoms with E-state index in [-0.39, 0.29) is 5.91 Å². The molecule has 0 fully saturated rings. The molecule has 24 heavy (non-hydrogen) atoms. The summed E-state index contributed by atoms with van der Waals surface area (Å²) in [5.41, 5.74) is 1.58. The van der Waals surface area contributed by atoms with Crippen LogP contribution in [0.5, 0.6) is 0 Å². The van der Waals surface area contributed by atoms with Crippen molar-refractivity contribution in [3.8, 4) is 0 Å². The van der Waals surface area contributed by atoms with E-state index >= 15 is 0 Å². The number of hydrogen-bond donors (Lipinski definition) is 2. The first-order valence-electron chi connectivity index (χ1n) is 7.62. The highest BCUT2D eigenvalue weighted by molar-refractivity contribution is 9.10. The number of rotatable bonds is 5. The van der Waals surface area contributed by atoms with E-state index in [2.05, 4.69) is 21.2 Å². The molecule has 0 aliphatic heterocycles. The molecule has 4 nitrogen and oxygen atoms in total. The highest BCUT2D eigenvalue weighted by atomic mass is 79.9. The lowest BCUT2D eigenvalue weighted by Gasteiger charge is -2.24.